The third-order valence-corrected chi connectivity index (χ3v) is 6.59. The average molecular weight is 592 g/mol. The Morgan fingerprint density at radius 2 is 1.55 bits per heavy atom. The average Bonchev–Trinajstić information content (AvgIpc) is 2.88. The van der Waals surface area contributed by atoms with Gasteiger partial charge in [0.1, 0.15) is 17.7 Å². The summed E-state index contributed by atoms with van der Waals surface area (Å²) >= 11 is 0. The molecule has 238 valence electrons. The second kappa shape index (κ2) is 18.4. The van der Waals surface area contributed by atoms with Crippen molar-refractivity contribution in [1.29, 1.82) is 0 Å². The van der Waals surface area contributed by atoms with E-state index in [-0.39, 0.29) is 36.7 Å². The maximum Gasteiger partial charge on any atom is 0.408 e. The lowest BCUT2D eigenvalue weighted by Crippen LogP contribution is -2.54. The van der Waals surface area contributed by atoms with Gasteiger partial charge in [-0.15, -0.1) is 0 Å². The minimum absolute atomic E-state index is 0.0696. The van der Waals surface area contributed by atoms with Crippen LogP contribution in [0.4, 0.5) is 4.79 Å². The fourth-order valence-corrected chi connectivity index (χ4v) is 4.29. The molecule has 0 aliphatic rings. The van der Waals surface area contributed by atoms with Crippen LogP contribution >= 0.6 is 0 Å². The molecule has 3 N–H and O–H groups in total. The van der Waals surface area contributed by atoms with Crippen LogP contribution in [0, 0.1) is 17.8 Å². The second-order valence-corrected chi connectivity index (χ2v) is 12.3. The van der Waals surface area contributed by atoms with E-state index in [4.69, 9.17) is 14.2 Å². The Bertz CT molecular complexity index is 976. The van der Waals surface area contributed by atoms with Gasteiger partial charge in [0.25, 0.3) is 0 Å². The second-order valence-electron chi connectivity index (χ2n) is 12.3. The molecule has 0 aliphatic heterocycles. The molecule has 0 saturated heterocycles. The van der Waals surface area contributed by atoms with Crippen LogP contribution in [0.25, 0.3) is 0 Å². The van der Waals surface area contributed by atoms with Crippen LogP contribution in [0.5, 0.6) is 0 Å². The molecule has 0 aliphatic carbocycles. The smallest absolute Gasteiger partial charge is 0.408 e. The van der Waals surface area contributed by atoms with Gasteiger partial charge in [0.05, 0.1) is 12.6 Å². The highest BCUT2D eigenvalue weighted by Gasteiger charge is 2.36. The Morgan fingerprint density at radius 3 is 2.07 bits per heavy atom. The van der Waals surface area contributed by atoms with Gasteiger partial charge in [-0.25, -0.2) is 4.79 Å². The summed E-state index contributed by atoms with van der Waals surface area (Å²) in [5.41, 5.74) is 0.218. The van der Waals surface area contributed by atoms with Crippen LogP contribution in [-0.2, 0) is 35.1 Å². The molecule has 0 saturated carbocycles. The van der Waals surface area contributed by atoms with Gasteiger partial charge in [-0.2, -0.15) is 0 Å². The zero-order valence-corrected chi connectivity index (χ0v) is 27.0. The van der Waals surface area contributed by atoms with E-state index in [9.17, 15) is 19.2 Å². The first-order chi connectivity index (χ1) is 19.6. The highest BCUT2D eigenvalue weighted by Crippen LogP contribution is 2.23. The molecule has 10 nitrogen and oxygen atoms in total. The molecular weight excluding hydrogens is 538 g/mol. The van der Waals surface area contributed by atoms with Crippen molar-refractivity contribution < 1.29 is 33.4 Å². The fraction of sp³-hybridized carbons (Fsp3) is 0.688. The van der Waals surface area contributed by atoms with Gasteiger partial charge < -0.3 is 30.2 Å². The van der Waals surface area contributed by atoms with E-state index in [1.54, 1.807) is 20.8 Å². The molecule has 0 heterocycles. The summed E-state index contributed by atoms with van der Waals surface area (Å²) in [6.07, 6.45) is 0.320. The topological polar surface area (TPSA) is 132 Å². The highest BCUT2D eigenvalue weighted by atomic mass is 16.6. The van der Waals surface area contributed by atoms with Crippen molar-refractivity contribution in [2.45, 2.75) is 112 Å². The van der Waals surface area contributed by atoms with Crippen molar-refractivity contribution in [2.24, 2.45) is 17.8 Å². The summed E-state index contributed by atoms with van der Waals surface area (Å²) in [4.78, 5) is 51.6. The van der Waals surface area contributed by atoms with Crippen LogP contribution < -0.4 is 16.0 Å². The van der Waals surface area contributed by atoms with Crippen molar-refractivity contribution in [3.8, 4) is 0 Å². The number of ether oxygens (including phenoxy) is 3. The number of carbonyl (C=O) groups excluding carboxylic acids is 4. The number of alkyl carbamates (subject to hydrolysis) is 1. The quantitative estimate of drug-likeness (QED) is 0.176. The third kappa shape index (κ3) is 14.7. The largest absolute Gasteiger partial charge is 0.460 e. The third-order valence-electron chi connectivity index (χ3n) is 6.59. The van der Waals surface area contributed by atoms with E-state index in [0.717, 1.165) is 18.4 Å². The van der Waals surface area contributed by atoms with Gasteiger partial charge in [0.15, 0.2) is 0 Å². The monoisotopic (exact) mass is 591 g/mol. The zero-order valence-electron chi connectivity index (χ0n) is 27.0. The predicted molar refractivity (Wildman–Crippen MR) is 162 cm³/mol. The molecule has 0 aromatic heterocycles. The van der Waals surface area contributed by atoms with E-state index < -0.39 is 41.8 Å². The SMILES string of the molecule is CCCCOC[C@H](NC(=O)OC(C)(C)C)[C@H](C[C@H](C(=O)N[C@H](C(=O)NCc1ccccc1)C(C)C)C(C)C)OC(C)=O. The molecular formula is C32H53N3O7. The maximum atomic E-state index is 13.7. The number of nitrogens with one attached hydrogen (secondary N) is 3. The van der Waals surface area contributed by atoms with Crippen molar-refractivity contribution in [2.75, 3.05) is 13.2 Å². The number of amides is 3. The van der Waals surface area contributed by atoms with Crippen molar-refractivity contribution in [1.82, 2.24) is 16.0 Å². The van der Waals surface area contributed by atoms with Gasteiger partial charge in [-0.1, -0.05) is 71.4 Å². The van der Waals surface area contributed by atoms with Crippen molar-refractivity contribution >= 4 is 23.9 Å². The van der Waals surface area contributed by atoms with Gasteiger partial charge in [0.2, 0.25) is 11.8 Å². The number of esters is 1. The van der Waals surface area contributed by atoms with Gasteiger partial charge in [-0.05, 0) is 51.0 Å². The number of benzene rings is 1. The van der Waals surface area contributed by atoms with Gasteiger partial charge in [0, 0.05) is 26.0 Å². The fourth-order valence-electron chi connectivity index (χ4n) is 4.29. The molecule has 3 amide bonds. The molecule has 42 heavy (non-hydrogen) atoms. The maximum absolute atomic E-state index is 13.7. The number of unbranched alkanes of at least 4 members (excludes halogenated alkanes) is 1. The summed E-state index contributed by atoms with van der Waals surface area (Å²) in [5.74, 6) is -2.13. The normalized spacial score (nSPS) is 14.5. The molecule has 1 aromatic rings. The van der Waals surface area contributed by atoms with E-state index in [1.165, 1.54) is 6.92 Å². The Morgan fingerprint density at radius 1 is 0.905 bits per heavy atom. The summed E-state index contributed by atoms with van der Waals surface area (Å²) in [6.45, 7) is 17.0. The van der Waals surface area contributed by atoms with Crippen LogP contribution in [0.3, 0.4) is 0 Å². The molecule has 4 atom stereocenters. The minimum Gasteiger partial charge on any atom is -0.460 e. The molecule has 0 radical (unpaired) electrons. The Kier molecular flexibility index (Phi) is 16.2. The first-order valence-electron chi connectivity index (χ1n) is 15.0. The predicted octanol–water partition coefficient (Wildman–Crippen LogP) is 4.75. The standard InChI is InChI=1S/C32H53N3O7/c1-10-11-17-40-20-26(34-31(39)42-32(7,8)9)27(41-23(6)36)18-25(21(2)3)29(37)35-28(22(4)5)30(38)33-19-24-15-13-12-14-16-24/h12-16,21-22,25-28H,10-11,17-20H2,1-9H3,(H,33,38)(H,34,39)(H,35,37)/t25-,26-,27-,28-/m0/s1. The first-order valence-corrected chi connectivity index (χ1v) is 15.0. The lowest BCUT2D eigenvalue weighted by atomic mass is 9.86. The first kappa shape index (κ1) is 36.9. The molecule has 0 bridgehead atoms. The Labute approximate surface area is 252 Å². The molecule has 1 aromatic carbocycles. The molecule has 0 spiro atoms. The van der Waals surface area contributed by atoms with E-state index >= 15 is 0 Å². The zero-order chi connectivity index (χ0) is 31.9. The number of hydrogen-bond donors (Lipinski definition) is 3. The van der Waals surface area contributed by atoms with E-state index in [2.05, 4.69) is 16.0 Å². The highest BCUT2D eigenvalue weighted by molar-refractivity contribution is 5.88. The van der Waals surface area contributed by atoms with Gasteiger partial charge in [-0.3, -0.25) is 14.4 Å². The summed E-state index contributed by atoms with van der Waals surface area (Å²) in [6, 6.07) is 8.02. The van der Waals surface area contributed by atoms with Crippen LogP contribution in [-0.4, -0.2) is 60.9 Å². The van der Waals surface area contributed by atoms with E-state index in [0.29, 0.717) is 13.2 Å². The van der Waals surface area contributed by atoms with Crippen molar-refractivity contribution in [3.63, 3.8) is 0 Å². The number of rotatable bonds is 17. The van der Waals surface area contributed by atoms with Crippen molar-refractivity contribution in [3.05, 3.63) is 35.9 Å². The van der Waals surface area contributed by atoms with Crippen LogP contribution in [0.15, 0.2) is 30.3 Å². The van der Waals surface area contributed by atoms with Gasteiger partial charge >= 0.3 is 12.1 Å². The minimum atomic E-state index is -0.876. The summed E-state index contributed by atoms with van der Waals surface area (Å²) < 4.78 is 16.9. The molecule has 10 heteroatoms. The van der Waals surface area contributed by atoms with Crippen LogP contribution in [0.2, 0.25) is 0 Å². The summed E-state index contributed by atoms with van der Waals surface area (Å²) in [7, 11) is 0. The Balaban J connectivity index is 3.14. The Hall–Kier alpha value is -3.14. The van der Waals surface area contributed by atoms with Crippen LogP contribution in [0.1, 0.15) is 87.1 Å². The number of hydrogen-bond acceptors (Lipinski definition) is 7. The summed E-state index contributed by atoms with van der Waals surface area (Å²) in [5, 5.41) is 8.63. The molecule has 0 unspecified atom stereocenters. The van der Waals surface area contributed by atoms with E-state index in [1.807, 2.05) is 65.0 Å². The lowest BCUT2D eigenvalue weighted by molar-refractivity contribution is -0.151. The number of carbonyl (C=O) groups is 4. The molecule has 1 rings (SSSR count). The lowest BCUT2D eigenvalue weighted by Gasteiger charge is -2.33. The molecule has 0 fully saturated rings.